The highest BCUT2D eigenvalue weighted by Gasteiger charge is 2.06. The van der Waals surface area contributed by atoms with E-state index in [2.05, 4.69) is 9.97 Å². The molecule has 2 rings (SSSR count). The Hall–Kier alpha value is -0.730. The third kappa shape index (κ3) is 1.40. The van der Waals surface area contributed by atoms with Crippen LogP contribution in [-0.2, 0) is 5.88 Å². The predicted octanol–water partition coefficient (Wildman–Crippen LogP) is 3.26. The van der Waals surface area contributed by atoms with Crippen LogP contribution in [-0.4, -0.2) is 9.97 Å². The average Bonchev–Trinajstić information content (AvgIpc) is 2.55. The lowest BCUT2D eigenvalue weighted by atomic mass is 10.2. The molecule has 0 aliphatic heterocycles. The first-order valence-corrected chi connectivity index (χ1v) is 4.83. The van der Waals surface area contributed by atoms with Gasteiger partial charge in [0.05, 0.1) is 16.4 Å². The summed E-state index contributed by atoms with van der Waals surface area (Å²) in [7, 11) is 0. The van der Waals surface area contributed by atoms with Crippen LogP contribution in [0.2, 0.25) is 5.02 Å². The summed E-state index contributed by atoms with van der Waals surface area (Å²) in [5.74, 6) is 1.13. The molecule has 0 aliphatic rings. The number of imidazole rings is 1. The third-order valence-electron chi connectivity index (χ3n) is 1.96. The van der Waals surface area contributed by atoms with E-state index in [-0.39, 0.29) is 0 Å². The maximum absolute atomic E-state index is 6.07. The van der Waals surface area contributed by atoms with Gasteiger partial charge in [-0.3, -0.25) is 0 Å². The molecule has 13 heavy (non-hydrogen) atoms. The molecule has 1 heterocycles. The van der Waals surface area contributed by atoms with Gasteiger partial charge in [-0.1, -0.05) is 17.7 Å². The second-order valence-electron chi connectivity index (χ2n) is 2.91. The molecular formula is C9H8Cl2N2. The molecule has 2 aromatic rings. The molecule has 1 aromatic heterocycles. The summed E-state index contributed by atoms with van der Waals surface area (Å²) in [6.45, 7) is 1.96. The number of nitrogens with one attached hydrogen (secondary N) is 1. The molecule has 0 fully saturated rings. The van der Waals surface area contributed by atoms with E-state index in [1.54, 1.807) is 0 Å². The van der Waals surface area contributed by atoms with Gasteiger partial charge >= 0.3 is 0 Å². The standard InChI is InChI=1S/C9H8Cl2N2/c1-5-2-3-6-9(8(5)11)13-7(4-10)12-6/h2-3H,4H2,1H3,(H,12,13). The number of benzene rings is 1. The molecule has 0 amide bonds. The van der Waals surface area contributed by atoms with Crippen molar-refractivity contribution in [1.29, 1.82) is 0 Å². The molecule has 0 saturated heterocycles. The topological polar surface area (TPSA) is 28.7 Å². The second kappa shape index (κ2) is 3.20. The van der Waals surface area contributed by atoms with Crippen molar-refractivity contribution in [2.75, 3.05) is 0 Å². The van der Waals surface area contributed by atoms with Gasteiger partial charge in [0, 0.05) is 0 Å². The Morgan fingerprint density at radius 2 is 2.23 bits per heavy atom. The number of aromatic amines is 1. The maximum atomic E-state index is 6.07. The molecule has 0 radical (unpaired) electrons. The summed E-state index contributed by atoms with van der Waals surface area (Å²) >= 11 is 11.7. The number of halogens is 2. The molecule has 0 bridgehead atoms. The Balaban J connectivity index is 2.76. The van der Waals surface area contributed by atoms with Crippen LogP contribution in [0.3, 0.4) is 0 Å². The highest BCUT2D eigenvalue weighted by Crippen LogP contribution is 2.25. The molecule has 1 N–H and O–H groups in total. The predicted molar refractivity (Wildman–Crippen MR) is 55.4 cm³/mol. The summed E-state index contributed by atoms with van der Waals surface area (Å²) in [4.78, 5) is 7.36. The van der Waals surface area contributed by atoms with Crippen molar-refractivity contribution in [3.05, 3.63) is 28.5 Å². The largest absolute Gasteiger partial charge is 0.341 e. The number of H-pyrrole nitrogens is 1. The van der Waals surface area contributed by atoms with Crippen LogP contribution in [0.25, 0.3) is 11.0 Å². The highest BCUT2D eigenvalue weighted by atomic mass is 35.5. The lowest BCUT2D eigenvalue weighted by molar-refractivity contribution is 1.13. The van der Waals surface area contributed by atoms with Gasteiger partial charge in [0.1, 0.15) is 11.3 Å². The molecule has 0 aliphatic carbocycles. The van der Waals surface area contributed by atoms with E-state index in [1.807, 2.05) is 19.1 Å². The third-order valence-corrected chi connectivity index (χ3v) is 2.69. The Morgan fingerprint density at radius 1 is 1.46 bits per heavy atom. The number of aryl methyl sites for hydroxylation is 1. The van der Waals surface area contributed by atoms with Gasteiger partial charge in [-0.05, 0) is 18.6 Å². The summed E-state index contributed by atoms with van der Waals surface area (Å²) in [5, 5.41) is 0.699. The van der Waals surface area contributed by atoms with Crippen LogP contribution < -0.4 is 0 Å². The van der Waals surface area contributed by atoms with Crippen molar-refractivity contribution in [2.24, 2.45) is 0 Å². The fourth-order valence-electron chi connectivity index (χ4n) is 1.26. The molecule has 0 atom stereocenters. The highest BCUT2D eigenvalue weighted by molar-refractivity contribution is 6.35. The van der Waals surface area contributed by atoms with Crippen molar-refractivity contribution in [3.63, 3.8) is 0 Å². The molecule has 68 valence electrons. The van der Waals surface area contributed by atoms with E-state index >= 15 is 0 Å². The Morgan fingerprint density at radius 3 is 2.92 bits per heavy atom. The zero-order valence-corrected chi connectivity index (χ0v) is 8.58. The number of alkyl halides is 1. The second-order valence-corrected chi connectivity index (χ2v) is 3.55. The van der Waals surface area contributed by atoms with E-state index in [0.717, 1.165) is 22.4 Å². The van der Waals surface area contributed by atoms with Gasteiger partial charge in [-0.15, -0.1) is 11.6 Å². The van der Waals surface area contributed by atoms with Gasteiger partial charge in [-0.25, -0.2) is 4.98 Å². The zero-order chi connectivity index (χ0) is 9.42. The summed E-state index contributed by atoms with van der Waals surface area (Å²) in [6.07, 6.45) is 0. The normalized spacial score (nSPS) is 11.0. The summed E-state index contributed by atoms with van der Waals surface area (Å²) in [5.41, 5.74) is 2.77. The minimum Gasteiger partial charge on any atom is -0.341 e. The molecule has 4 heteroatoms. The van der Waals surface area contributed by atoms with Gasteiger partial charge in [0.15, 0.2) is 0 Å². The van der Waals surface area contributed by atoms with Gasteiger partial charge in [0.25, 0.3) is 0 Å². The zero-order valence-electron chi connectivity index (χ0n) is 7.06. The van der Waals surface area contributed by atoms with Crippen LogP contribution in [0.4, 0.5) is 0 Å². The SMILES string of the molecule is Cc1ccc2[nH]c(CCl)nc2c1Cl. The van der Waals surface area contributed by atoms with Crippen LogP contribution >= 0.6 is 23.2 Å². The van der Waals surface area contributed by atoms with Crippen LogP contribution in [0.15, 0.2) is 12.1 Å². The van der Waals surface area contributed by atoms with Crippen molar-refractivity contribution in [3.8, 4) is 0 Å². The first-order chi connectivity index (χ1) is 6.22. The number of rotatable bonds is 1. The molecular weight excluding hydrogens is 207 g/mol. The van der Waals surface area contributed by atoms with E-state index in [0.29, 0.717) is 10.9 Å². The number of nitrogens with zero attached hydrogens (tertiary/aromatic N) is 1. The summed E-state index contributed by atoms with van der Waals surface area (Å²) < 4.78 is 0. The maximum Gasteiger partial charge on any atom is 0.122 e. The number of hydrogen-bond acceptors (Lipinski definition) is 1. The fourth-order valence-corrected chi connectivity index (χ4v) is 1.59. The Kier molecular flexibility index (Phi) is 2.18. The fraction of sp³-hybridized carbons (Fsp3) is 0.222. The number of fused-ring (bicyclic) bond motifs is 1. The van der Waals surface area contributed by atoms with E-state index in [4.69, 9.17) is 23.2 Å². The Bertz CT molecular complexity index is 448. The first-order valence-electron chi connectivity index (χ1n) is 3.92. The van der Waals surface area contributed by atoms with E-state index in [1.165, 1.54) is 0 Å². The smallest absolute Gasteiger partial charge is 0.122 e. The minimum absolute atomic E-state index is 0.379. The lowest BCUT2D eigenvalue weighted by Gasteiger charge is -1.95. The molecule has 0 spiro atoms. The van der Waals surface area contributed by atoms with Crippen LogP contribution in [0.5, 0.6) is 0 Å². The van der Waals surface area contributed by atoms with Crippen LogP contribution in [0.1, 0.15) is 11.4 Å². The van der Waals surface area contributed by atoms with Gasteiger partial charge in [0.2, 0.25) is 0 Å². The molecule has 0 unspecified atom stereocenters. The van der Waals surface area contributed by atoms with Crippen molar-refractivity contribution in [1.82, 2.24) is 9.97 Å². The van der Waals surface area contributed by atoms with Crippen LogP contribution in [0, 0.1) is 6.92 Å². The minimum atomic E-state index is 0.379. The summed E-state index contributed by atoms with van der Waals surface area (Å²) in [6, 6.07) is 3.92. The first kappa shape index (κ1) is 8.85. The molecule has 1 aromatic carbocycles. The lowest BCUT2D eigenvalue weighted by Crippen LogP contribution is -1.78. The monoisotopic (exact) mass is 214 g/mol. The molecule has 2 nitrogen and oxygen atoms in total. The number of hydrogen-bond donors (Lipinski definition) is 1. The quantitative estimate of drug-likeness (QED) is 0.726. The van der Waals surface area contributed by atoms with Crippen molar-refractivity contribution in [2.45, 2.75) is 12.8 Å². The van der Waals surface area contributed by atoms with Crippen molar-refractivity contribution < 1.29 is 0 Å². The van der Waals surface area contributed by atoms with Crippen molar-refractivity contribution >= 4 is 34.2 Å². The average molecular weight is 215 g/mol. The Labute approximate surface area is 85.9 Å². The number of aromatic nitrogens is 2. The molecule has 0 saturated carbocycles. The van der Waals surface area contributed by atoms with Gasteiger partial charge in [-0.2, -0.15) is 0 Å². The van der Waals surface area contributed by atoms with E-state index < -0.39 is 0 Å². The van der Waals surface area contributed by atoms with Gasteiger partial charge < -0.3 is 4.98 Å². The van der Waals surface area contributed by atoms with E-state index in [9.17, 15) is 0 Å².